The van der Waals surface area contributed by atoms with E-state index in [9.17, 15) is 5.11 Å². The molecule has 0 bridgehead atoms. The number of fused-ring (bicyclic) bond motifs is 1. The van der Waals surface area contributed by atoms with E-state index in [1.807, 2.05) is 30.3 Å². The van der Waals surface area contributed by atoms with Gasteiger partial charge in [0.15, 0.2) is 0 Å². The summed E-state index contributed by atoms with van der Waals surface area (Å²) in [6.45, 7) is 1.76. The van der Waals surface area contributed by atoms with Crippen molar-refractivity contribution in [3.63, 3.8) is 0 Å². The van der Waals surface area contributed by atoms with E-state index in [1.165, 1.54) is 5.39 Å². The first-order valence-corrected chi connectivity index (χ1v) is 7.61. The first-order chi connectivity index (χ1) is 10.2. The van der Waals surface area contributed by atoms with Gasteiger partial charge in [-0.05, 0) is 31.2 Å². The van der Waals surface area contributed by atoms with Gasteiger partial charge >= 0.3 is 0 Å². The van der Waals surface area contributed by atoms with Gasteiger partial charge in [0.2, 0.25) is 0 Å². The maximum atomic E-state index is 10.0. The van der Waals surface area contributed by atoms with E-state index in [2.05, 4.69) is 23.2 Å². The van der Waals surface area contributed by atoms with Crippen LogP contribution in [-0.4, -0.2) is 17.2 Å². The normalized spacial score (nSPS) is 12.5. The van der Waals surface area contributed by atoms with E-state index in [0.717, 1.165) is 21.0 Å². The maximum absolute atomic E-state index is 10.0. The van der Waals surface area contributed by atoms with Crippen molar-refractivity contribution in [2.24, 2.45) is 0 Å². The Morgan fingerprint density at radius 2 is 1.95 bits per heavy atom. The number of H-pyrrole nitrogens is 1. The summed E-state index contributed by atoms with van der Waals surface area (Å²) in [7, 11) is 1.62. The van der Waals surface area contributed by atoms with Gasteiger partial charge in [-0.15, -0.1) is 0 Å². The lowest BCUT2D eigenvalue weighted by Crippen LogP contribution is -1.98. The highest BCUT2D eigenvalue weighted by molar-refractivity contribution is 7.99. The van der Waals surface area contributed by atoms with Crippen LogP contribution in [0.1, 0.15) is 18.6 Å². The van der Waals surface area contributed by atoms with E-state index in [-0.39, 0.29) is 0 Å². The Balaban J connectivity index is 2.01. The highest BCUT2D eigenvalue weighted by Crippen LogP contribution is 2.38. The third-order valence-corrected chi connectivity index (χ3v) is 4.40. The Hall–Kier alpha value is -1.91. The Labute approximate surface area is 128 Å². The number of ether oxygens (including phenoxy) is 1. The zero-order valence-electron chi connectivity index (χ0n) is 12.0. The standard InChI is InChI=1S/C17H17NO2S/c1-11(19)17-14(20-2)8-5-9-15(17)21-16-10-12-6-3-4-7-13(12)18-16/h3-11,18-19H,1-2H3/t11-/m0/s1. The second kappa shape index (κ2) is 5.84. The molecule has 0 aliphatic rings. The smallest absolute Gasteiger partial charge is 0.125 e. The number of nitrogens with one attached hydrogen (secondary N) is 1. The van der Waals surface area contributed by atoms with E-state index < -0.39 is 6.10 Å². The van der Waals surface area contributed by atoms with Crippen LogP contribution in [0.25, 0.3) is 10.9 Å². The monoisotopic (exact) mass is 299 g/mol. The number of aromatic nitrogens is 1. The SMILES string of the molecule is COc1cccc(Sc2cc3ccccc3[nH]2)c1[C@H](C)O. The quantitative estimate of drug-likeness (QED) is 0.751. The van der Waals surface area contributed by atoms with E-state index in [1.54, 1.807) is 25.8 Å². The minimum Gasteiger partial charge on any atom is -0.496 e. The molecule has 3 nitrogen and oxygen atoms in total. The lowest BCUT2D eigenvalue weighted by molar-refractivity contribution is 0.191. The molecule has 0 aliphatic carbocycles. The Morgan fingerprint density at radius 1 is 1.14 bits per heavy atom. The molecular weight excluding hydrogens is 282 g/mol. The van der Waals surface area contributed by atoms with Crippen LogP contribution < -0.4 is 4.74 Å². The Bertz CT molecular complexity index is 731. The van der Waals surface area contributed by atoms with Crippen molar-refractivity contribution in [2.45, 2.75) is 22.9 Å². The predicted molar refractivity (Wildman–Crippen MR) is 86.0 cm³/mol. The summed E-state index contributed by atoms with van der Waals surface area (Å²) in [5.41, 5.74) is 1.94. The summed E-state index contributed by atoms with van der Waals surface area (Å²) in [6.07, 6.45) is -0.576. The largest absolute Gasteiger partial charge is 0.496 e. The fraction of sp³-hybridized carbons (Fsp3) is 0.176. The summed E-state index contributed by atoms with van der Waals surface area (Å²) in [4.78, 5) is 4.38. The second-order valence-corrected chi connectivity index (χ2v) is 5.95. The van der Waals surface area contributed by atoms with Gasteiger partial charge in [-0.2, -0.15) is 0 Å². The number of methoxy groups -OCH3 is 1. The molecule has 3 aromatic rings. The average molecular weight is 299 g/mol. The van der Waals surface area contributed by atoms with Crippen LogP contribution in [-0.2, 0) is 0 Å². The van der Waals surface area contributed by atoms with Gasteiger partial charge in [-0.25, -0.2) is 0 Å². The summed E-state index contributed by atoms with van der Waals surface area (Å²) in [5, 5.41) is 12.3. The lowest BCUT2D eigenvalue weighted by Gasteiger charge is -2.15. The number of aliphatic hydroxyl groups is 1. The molecule has 1 aromatic heterocycles. The van der Waals surface area contributed by atoms with Crippen LogP contribution in [0, 0.1) is 0 Å². The number of aromatic amines is 1. The number of benzene rings is 2. The number of para-hydroxylation sites is 1. The molecule has 0 saturated carbocycles. The topological polar surface area (TPSA) is 45.2 Å². The Kier molecular flexibility index (Phi) is 3.90. The van der Waals surface area contributed by atoms with Crippen molar-refractivity contribution < 1.29 is 9.84 Å². The maximum Gasteiger partial charge on any atom is 0.125 e. The number of hydrogen-bond donors (Lipinski definition) is 2. The highest BCUT2D eigenvalue weighted by atomic mass is 32.2. The first-order valence-electron chi connectivity index (χ1n) is 6.79. The molecule has 0 amide bonds. The fourth-order valence-electron chi connectivity index (χ4n) is 2.42. The van der Waals surface area contributed by atoms with Gasteiger partial charge in [0.05, 0.1) is 18.2 Å². The van der Waals surface area contributed by atoms with Crippen LogP contribution in [0.5, 0.6) is 5.75 Å². The molecule has 4 heteroatoms. The van der Waals surface area contributed by atoms with Crippen LogP contribution in [0.4, 0.5) is 0 Å². The number of aliphatic hydroxyl groups excluding tert-OH is 1. The average Bonchev–Trinajstić information content (AvgIpc) is 2.88. The van der Waals surface area contributed by atoms with E-state index in [4.69, 9.17) is 4.74 Å². The minimum atomic E-state index is -0.576. The van der Waals surface area contributed by atoms with Crippen LogP contribution >= 0.6 is 11.8 Å². The molecule has 21 heavy (non-hydrogen) atoms. The van der Waals surface area contributed by atoms with Gasteiger partial charge < -0.3 is 14.8 Å². The molecular formula is C17H17NO2S. The molecule has 108 valence electrons. The molecule has 3 rings (SSSR count). The fourth-order valence-corrected chi connectivity index (χ4v) is 3.53. The zero-order chi connectivity index (χ0) is 14.8. The van der Waals surface area contributed by atoms with Crippen molar-refractivity contribution in [2.75, 3.05) is 7.11 Å². The van der Waals surface area contributed by atoms with Crippen molar-refractivity contribution in [3.05, 3.63) is 54.1 Å². The van der Waals surface area contributed by atoms with Gasteiger partial charge in [0, 0.05) is 21.4 Å². The van der Waals surface area contributed by atoms with Crippen molar-refractivity contribution in [1.29, 1.82) is 0 Å². The highest BCUT2D eigenvalue weighted by Gasteiger charge is 2.15. The molecule has 0 spiro atoms. The third-order valence-electron chi connectivity index (χ3n) is 3.39. The molecule has 0 aliphatic heterocycles. The molecule has 1 heterocycles. The minimum absolute atomic E-state index is 0.576. The second-order valence-electron chi connectivity index (χ2n) is 4.87. The first kappa shape index (κ1) is 14.0. The van der Waals surface area contributed by atoms with Crippen molar-refractivity contribution >= 4 is 22.7 Å². The molecule has 2 N–H and O–H groups in total. The number of hydrogen-bond acceptors (Lipinski definition) is 3. The van der Waals surface area contributed by atoms with Crippen molar-refractivity contribution in [3.8, 4) is 5.75 Å². The van der Waals surface area contributed by atoms with Crippen LogP contribution in [0.3, 0.4) is 0 Å². The molecule has 0 saturated heterocycles. The molecule has 0 unspecified atom stereocenters. The summed E-state index contributed by atoms with van der Waals surface area (Å²) in [5.74, 6) is 0.714. The third kappa shape index (κ3) is 2.77. The Morgan fingerprint density at radius 3 is 2.67 bits per heavy atom. The van der Waals surface area contributed by atoms with Crippen molar-refractivity contribution in [1.82, 2.24) is 4.98 Å². The zero-order valence-corrected chi connectivity index (χ0v) is 12.8. The molecule has 0 fully saturated rings. The lowest BCUT2D eigenvalue weighted by atomic mass is 10.1. The number of rotatable bonds is 4. The molecule has 1 atom stereocenters. The summed E-state index contributed by atoms with van der Waals surface area (Å²) >= 11 is 1.60. The molecule has 2 aromatic carbocycles. The van der Waals surface area contributed by atoms with Crippen LogP contribution in [0.15, 0.2) is 58.5 Å². The van der Waals surface area contributed by atoms with Gasteiger partial charge in [-0.3, -0.25) is 0 Å². The van der Waals surface area contributed by atoms with Gasteiger partial charge in [0.1, 0.15) is 5.75 Å². The summed E-state index contributed by atoms with van der Waals surface area (Å²) < 4.78 is 5.36. The predicted octanol–water partition coefficient (Wildman–Crippen LogP) is 4.38. The summed E-state index contributed by atoms with van der Waals surface area (Å²) in [6, 6.07) is 16.1. The van der Waals surface area contributed by atoms with E-state index >= 15 is 0 Å². The van der Waals surface area contributed by atoms with Crippen LogP contribution in [0.2, 0.25) is 0 Å². The van der Waals surface area contributed by atoms with Gasteiger partial charge in [-0.1, -0.05) is 36.0 Å². The van der Waals surface area contributed by atoms with Gasteiger partial charge in [0.25, 0.3) is 0 Å². The van der Waals surface area contributed by atoms with E-state index in [0.29, 0.717) is 5.75 Å². The molecule has 0 radical (unpaired) electrons.